The average molecular weight is 262 g/mol. The van der Waals surface area contributed by atoms with Crippen LogP contribution in [0.1, 0.15) is 32.3 Å². The second-order valence-electron chi connectivity index (χ2n) is 4.42. The second kappa shape index (κ2) is 8.29. The van der Waals surface area contributed by atoms with Crippen LogP contribution in [0.15, 0.2) is 30.3 Å². The molecular weight excluding hydrogens is 240 g/mol. The molecule has 0 saturated carbocycles. The molecule has 104 valence electrons. The normalized spacial score (nSPS) is 10.0. The van der Waals surface area contributed by atoms with Crippen LogP contribution in [0.2, 0.25) is 0 Å². The lowest BCUT2D eigenvalue weighted by molar-refractivity contribution is -0.133. The van der Waals surface area contributed by atoms with E-state index in [2.05, 4.69) is 5.32 Å². The minimum Gasteiger partial charge on any atom is -0.347 e. The van der Waals surface area contributed by atoms with Crippen LogP contribution in [0.3, 0.4) is 0 Å². The van der Waals surface area contributed by atoms with Crippen LogP contribution in [-0.4, -0.2) is 29.8 Å². The van der Waals surface area contributed by atoms with Crippen molar-refractivity contribution in [2.75, 3.05) is 13.1 Å². The molecule has 0 atom stereocenters. The predicted octanol–water partition coefficient (Wildman–Crippen LogP) is 1.95. The molecule has 1 N–H and O–H groups in total. The lowest BCUT2D eigenvalue weighted by Crippen LogP contribution is -2.39. The summed E-state index contributed by atoms with van der Waals surface area (Å²) < 4.78 is 0. The van der Waals surface area contributed by atoms with E-state index in [1.54, 1.807) is 4.90 Å². The molecule has 0 spiro atoms. The Bertz CT molecular complexity index is 404. The van der Waals surface area contributed by atoms with Crippen molar-refractivity contribution in [1.82, 2.24) is 10.2 Å². The van der Waals surface area contributed by atoms with E-state index in [1.807, 2.05) is 44.2 Å². The monoisotopic (exact) mass is 262 g/mol. The summed E-state index contributed by atoms with van der Waals surface area (Å²) in [5, 5.41) is 2.65. The van der Waals surface area contributed by atoms with Crippen LogP contribution in [0.25, 0.3) is 0 Å². The van der Waals surface area contributed by atoms with Gasteiger partial charge in [0.05, 0.1) is 6.54 Å². The van der Waals surface area contributed by atoms with E-state index in [-0.39, 0.29) is 18.4 Å². The standard InChI is InChI=1S/C15H22N2O2/c1-3-8-14(18)16-11-15(19)17(4-2)12-13-9-6-5-7-10-13/h5-7,9-10H,3-4,8,11-12H2,1-2H3,(H,16,18). The highest BCUT2D eigenvalue weighted by molar-refractivity contribution is 5.84. The molecule has 0 aromatic heterocycles. The van der Waals surface area contributed by atoms with Crippen LogP contribution in [0.4, 0.5) is 0 Å². The fourth-order valence-electron chi connectivity index (χ4n) is 1.78. The summed E-state index contributed by atoms with van der Waals surface area (Å²) >= 11 is 0. The molecule has 1 rings (SSSR count). The molecule has 0 unspecified atom stereocenters. The zero-order valence-corrected chi connectivity index (χ0v) is 11.7. The van der Waals surface area contributed by atoms with E-state index >= 15 is 0 Å². The summed E-state index contributed by atoms with van der Waals surface area (Å²) in [6.07, 6.45) is 1.26. The summed E-state index contributed by atoms with van der Waals surface area (Å²) in [5.74, 6) is -0.109. The van der Waals surface area contributed by atoms with Crippen molar-refractivity contribution < 1.29 is 9.59 Å². The SMILES string of the molecule is CCCC(=O)NCC(=O)N(CC)Cc1ccccc1. The number of hydrogen-bond acceptors (Lipinski definition) is 2. The molecule has 4 nitrogen and oxygen atoms in total. The lowest BCUT2D eigenvalue weighted by Gasteiger charge is -2.21. The molecule has 0 aliphatic carbocycles. The third kappa shape index (κ3) is 5.55. The van der Waals surface area contributed by atoms with E-state index in [0.717, 1.165) is 12.0 Å². The van der Waals surface area contributed by atoms with Gasteiger partial charge in [-0.1, -0.05) is 37.3 Å². The van der Waals surface area contributed by atoms with Gasteiger partial charge in [0.1, 0.15) is 0 Å². The number of nitrogens with one attached hydrogen (secondary N) is 1. The van der Waals surface area contributed by atoms with Gasteiger partial charge in [-0.15, -0.1) is 0 Å². The Hall–Kier alpha value is -1.84. The van der Waals surface area contributed by atoms with E-state index in [4.69, 9.17) is 0 Å². The predicted molar refractivity (Wildman–Crippen MR) is 75.5 cm³/mol. The molecule has 0 heterocycles. The van der Waals surface area contributed by atoms with Gasteiger partial charge in [0.25, 0.3) is 0 Å². The number of rotatable bonds is 7. The zero-order valence-electron chi connectivity index (χ0n) is 11.7. The number of carbonyl (C=O) groups is 2. The van der Waals surface area contributed by atoms with Gasteiger partial charge in [-0.2, -0.15) is 0 Å². The first-order valence-corrected chi connectivity index (χ1v) is 6.75. The summed E-state index contributed by atoms with van der Waals surface area (Å²) in [4.78, 5) is 25.1. The molecule has 4 heteroatoms. The molecule has 0 radical (unpaired) electrons. The highest BCUT2D eigenvalue weighted by atomic mass is 16.2. The van der Waals surface area contributed by atoms with E-state index in [9.17, 15) is 9.59 Å². The Kier molecular flexibility index (Phi) is 6.64. The maximum Gasteiger partial charge on any atom is 0.242 e. The van der Waals surface area contributed by atoms with Crippen molar-refractivity contribution in [3.8, 4) is 0 Å². The average Bonchev–Trinajstić information content (AvgIpc) is 2.43. The highest BCUT2D eigenvalue weighted by Crippen LogP contribution is 2.04. The van der Waals surface area contributed by atoms with Crippen molar-refractivity contribution >= 4 is 11.8 Å². The van der Waals surface area contributed by atoms with Crippen molar-refractivity contribution in [2.24, 2.45) is 0 Å². The van der Waals surface area contributed by atoms with Gasteiger partial charge >= 0.3 is 0 Å². The van der Waals surface area contributed by atoms with Crippen LogP contribution in [-0.2, 0) is 16.1 Å². The van der Waals surface area contributed by atoms with Crippen LogP contribution < -0.4 is 5.32 Å². The second-order valence-corrected chi connectivity index (χ2v) is 4.42. The van der Waals surface area contributed by atoms with Gasteiger partial charge in [-0.05, 0) is 18.9 Å². The van der Waals surface area contributed by atoms with Gasteiger partial charge in [0, 0.05) is 19.5 Å². The van der Waals surface area contributed by atoms with Crippen molar-refractivity contribution in [1.29, 1.82) is 0 Å². The van der Waals surface area contributed by atoms with Crippen LogP contribution in [0, 0.1) is 0 Å². The molecule has 0 aliphatic rings. The fourth-order valence-corrected chi connectivity index (χ4v) is 1.78. The van der Waals surface area contributed by atoms with Gasteiger partial charge < -0.3 is 10.2 Å². The Labute approximate surface area is 114 Å². The minimum absolute atomic E-state index is 0.0455. The first-order chi connectivity index (χ1) is 9.17. The van der Waals surface area contributed by atoms with Crippen molar-refractivity contribution in [2.45, 2.75) is 33.2 Å². The van der Waals surface area contributed by atoms with Crippen molar-refractivity contribution in [3.05, 3.63) is 35.9 Å². The largest absolute Gasteiger partial charge is 0.347 e. The third-order valence-corrected chi connectivity index (χ3v) is 2.86. The van der Waals surface area contributed by atoms with E-state index < -0.39 is 0 Å². The number of nitrogens with zero attached hydrogens (tertiary/aromatic N) is 1. The molecule has 2 amide bonds. The first-order valence-electron chi connectivity index (χ1n) is 6.75. The molecule has 0 saturated heterocycles. The zero-order chi connectivity index (χ0) is 14.1. The summed E-state index contributed by atoms with van der Waals surface area (Å²) in [7, 11) is 0. The first kappa shape index (κ1) is 15.2. The van der Waals surface area contributed by atoms with Crippen LogP contribution in [0.5, 0.6) is 0 Å². The Morgan fingerprint density at radius 1 is 1.16 bits per heavy atom. The fraction of sp³-hybridized carbons (Fsp3) is 0.467. The van der Waals surface area contributed by atoms with Gasteiger partial charge in [-0.3, -0.25) is 9.59 Å². The maximum atomic E-state index is 12.0. The molecule has 0 aliphatic heterocycles. The highest BCUT2D eigenvalue weighted by Gasteiger charge is 2.12. The molecule has 1 aromatic carbocycles. The number of carbonyl (C=O) groups excluding carboxylic acids is 2. The summed E-state index contributed by atoms with van der Waals surface area (Å²) in [6.45, 7) is 5.18. The summed E-state index contributed by atoms with van der Waals surface area (Å²) in [5.41, 5.74) is 1.09. The third-order valence-electron chi connectivity index (χ3n) is 2.86. The van der Waals surface area contributed by atoms with Crippen molar-refractivity contribution in [3.63, 3.8) is 0 Å². The van der Waals surface area contributed by atoms with Gasteiger partial charge in [0.2, 0.25) is 11.8 Å². The maximum absolute atomic E-state index is 12.0. The van der Waals surface area contributed by atoms with E-state index in [0.29, 0.717) is 19.5 Å². The Balaban J connectivity index is 2.46. The number of hydrogen-bond donors (Lipinski definition) is 1. The molecule has 19 heavy (non-hydrogen) atoms. The Morgan fingerprint density at radius 2 is 1.84 bits per heavy atom. The van der Waals surface area contributed by atoms with Crippen LogP contribution >= 0.6 is 0 Å². The molecule has 0 fully saturated rings. The molecular formula is C15H22N2O2. The van der Waals surface area contributed by atoms with Gasteiger partial charge in [-0.25, -0.2) is 0 Å². The summed E-state index contributed by atoms with van der Waals surface area (Å²) in [6, 6.07) is 9.84. The lowest BCUT2D eigenvalue weighted by atomic mass is 10.2. The number of amides is 2. The minimum atomic E-state index is -0.0633. The topological polar surface area (TPSA) is 49.4 Å². The Morgan fingerprint density at radius 3 is 2.42 bits per heavy atom. The smallest absolute Gasteiger partial charge is 0.242 e. The molecule has 1 aromatic rings. The van der Waals surface area contributed by atoms with Gasteiger partial charge in [0.15, 0.2) is 0 Å². The molecule has 0 bridgehead atoms. The van der Waals surface area contributed by atoms with E-state index in [1.165, 1.54) is 0 Å². The number of benzene rings is 1. The quantitative estimate of drug-likeness (QED) is 0.816. The number of likely N-dealkylation sites (N-methyl/N-ethyl adjacent to an activating group) is 1.